The van der Waals surface area contributed by atoms with Crippen molar-refractivity contribution in [1.82, 2.24) is 4.98 Å². The van der Waals surface area contributed by atoms with Crippen molar-refractivity contribution in [2.24, 2.45) is 0 Å². The Morgan fingerprint density at radius 3 is 2.68 bits per heavy atom. The van der Waals surface area contributed by atoms with Gasteiger partial charge in [-0.1, -0.05) is 50.1 Å². The fraction of sp³-hybridized carbons (Fsp3) is 0.250. The van der Waals surface area contributed by atoms with E-state index in [9.17, 15) is 9.59 Å². The van der Waals surface area contributed by atoms with E-state index in [1.54, 1.807) is 41.4 Å². The van der Waals surface area contributed by atoms with Crippen LogP contribution in [0.3, 0.4) is 0 Å². The molecular weight excluding hydrogens is 428 g/mol. The van der Waals surface area contributed by atoms with Crippen LogP contribution in [0.4, 0.5) is 5.82 Å². The Hall–Kier alpha value is -3.93. The van der Waals surface area contributed by atoms with Crippen LogP contribution in [0, 0.1) is 6.92 Å². The molecule has 6 nitrogen and oxygen atoms in total. The maximum Gasteiger partial charge on any atom is 0.296 e. The van der Waals surface area contributed by atoms with Crippen LogP contribution in [0.15, 0.2) is 76.1 Å². The highest BCUT2D eigenvalue weighted by molar-refractivity contribution is 6.10. The van der Waals surface area contributed by atoms with Crippen LogP contribution < -0.4 is 15.1 Å². The highest BCUT2D eigenvalue weighted by Gasteiger charge is 2.44. The van der Waals surface area contributed by atoms with E-state index < -0.39 is 6.04 Å². The summed E-state index contributed by atoms with van der Waals surface area (Å²) in [5.41, 5.74) is 2.26. The first kappa shape index (κ1) is 21.9. The molecule has 0 bridgehead atoms. The SMILES string of the molecule is CCCCCOc1cccc([C@@H]2c3c(oc4ccccc4c3=O)C(=O)N2c2ccc(C)cn2)c1. The minimum Gasteiger partial charge on any atom is -0.494 e. The molecule has 0 saturated carbocycles. The summed E-state index contributed by atoms with van der Waals surface area (Å²) in [4.78, 5) is 33.3. The largest absolute Gasteiger partial charge is 0.494 e. The van der Waals surface area contributed by atoms with Gasteiger partial charge < -0.3 is 9.15 Å². The van der Waals surface area contributed by atoms with Crippen molar-refractivity contribution in [2.75, 3.05) is 11.5 Å². The number of aryl methyl sites for hydroxylation is 1. The summed E-state index contributed by atoms with van der Waals surface area (Å²) in [5, 5.41) is 0.449. The topological polar surface area (TPSA) is 72.6 Å². The minimum absolute atomic E-state index is 0.0605. The van der Waals surface area contributed by atoms with Gasteiger partial charge in [-0.3, -0.25) is 14.5 Å². The number of fused-ring (bicyclic) bond motifs is 2. The summed E-state index contributed by atoms with van der Waals surface area (Å²) < 4.78 is 12.0. The van der Waals surface area contributed by atoms with Crippen molar-refractivity contribution in [3.05, 3.63) is 99.5 Å². The molecule has 0 saturated heterocycles. The number of hydrogen-bond acceptors (Lipinski definition) is 5. The number of nitrogens with zero attached hydrogens (tertiary/aromatic N) is 2. The number of amides is 1. The second kappa shape index (κ2) is 9.14. The molecule has 5 rings (SSSR count). The van der Waals surface area contributed by atoms with Gasteiger partial charge in [0.1, 0.15) is 17.2 Å². The first-order valence-corrected chi connectivity index (χ1v) is 11.6. The number of anilines is 1. The Balaban J connectivity index is 1.65. The number of hydrogen-bond donors (Lipinski definition) is 0. The third-order valence-electron chi connectivity index (χ3n) is 6.11. The lowest BCUT2D eigenvalue weighted by molar-refractivity contribution is 0.0970. The predicted molar refractivity (Wildman–Crippen MR) is 132 cm³/mol. The molecule has 3 heterocycles. The maximum atomic E-state index is 13.6. The average molecular weight is 455 g/mol. The van der Waals surface area contributed by atoms with E-state index in [1.165, 1.54) is 0 Å². The van der Waals surface area contributed by atoms with Crippen molar-refractivity contribution >= 4 is 22.7 Å². The number of unbranched alkanes of at least 4 members (excludes halogenated alkanes) is 2. The van der Waals surface area contributed by atoms with E-state index in [1.807, 2.05) is 37.3 Å². The summed E-state index contributed by atoms with van der Waals surface area (Å²) in [5.74, 6) is 0.847. The second-order valence-corrected chi connectivity index (χ2v) is 8.57. The van der Waals surface area contributed by atoms with E-state index in [0.29, 0.717) is 34.7 Å². The third kappa shape index (κ3) is 3.85. The Labute approximate surface area is 197 Å². The van der Waals surface area contributed by atoms with Crippen LogP contribution in [-0.2, 0) is 0 Å². The van der Waals surface area contributed by atoms with Crippen molar-refractivity contribution in [3.8, 4) is 5.75 Å². The van der Waals surface area contributed by atoms with E-state index in [-0.39, 0.29) is 17.1 Å². The summed E-state index contributed by atoms with van der Waals surface area (Å²) in [6, 6.07) is 17.6. The van der Waals surface area contributed by atoms with Gasteiger partial charge in [-0.05, 0) is 54.8 Å². The van der Waals surface area contributed by atoms with Gasteiger partial charge in [-0.25, -0.2) is 4.98 Å². The molecule has 0 unspecified atom stereocenters. The zero-order chi connectivity index (χ0) is 23.7. The van der Waals surface area contributed by atoms with E-state index in [4.69, 9.17) is 9.15 Å². The Morgan fingerprint density at radius 2 is 1.88 bits per heavy atom. The molecule has 2 aromatic heterocycles. The molecule has 1 atom stereocenters. The van der Waals surface area contributed by atoms with Gasteiger partial charge in [0.2, 0.25) is 5.76 Å². The first-order valence-electron chi connectivity index (χ1n) is 11.6. The molecule has 0 N–H and O–H groups in total. The molecule has 2 aromatic carbocycles. The summed E-state index contributed by atoms with van der Waals surface area (Å²) in [6.07, 6.45) is 4.90. The molecule has 6 heteroatoms. The number of carbonyl (C=O) groups excluding carboxylic acids is 1. The number of rotatable bonds is 7. The third-order valence-corrected chi connectivity index (χ3v) is 6.11. The number of ether oxygens (including phenoxy) is 1. The zero-order valence-corrected chi connectivity index (χ0v) is 19.3. The monoisotopic (exact) mass is 454 g/mol. The summed E-state index contributed by atoms with van der Waals surface area (Å²) in [7, 11) is 0. The van der Waals surface area contributed by atoms with Crippen LogP contribution in [0.1, 0.15) is 59.5 Å². The molecule has 1 aliphatic rings. The lowest BCUT2D eigenvalue weighted by atomic mass is 9.98. The van der Waals surface area contributed by atoms with Crippen LogP contribution in [0.5, 0.6) is 5.75 Å². The molecular formula is C28H26N2O4. The molecule has 1 aliphatic heterocycles. The van der Waals surface area contributed by atoms with Gasteiger partial charge in [0.05, 0.1) is 23.6 Å². The van der Waals surface area contributed by atoms with Crippen LogP contribution >= 0.6 is 0 Å². The van der Waals surface area contributed by atoms with E-state index in [2.05, 4.69) is 11.9 Å². The Morgan fingerprint density at radius 1 is 1.03 bits per heavy atom. The molecule has 0 aliphatic carbocycles. The van der Waals surface area contributed by atoms with Crippen molar-refractivity contribution in [1.29, 1.82) is 0 Å². The molecule has 0 radical (unpaired) electrons. The fourth-order valence-electron chi connectivity index (χ4n) is 4.39. The van der Waals surface area contributed by atoms with Crippen molar-refractivity contribution in [3.63, 3.8) is 0 Å². The second-order valence-electron chi connectivity index (χ2n) is 8.57. The molecule has 1 amide bonds. The summed E-state index contributed by atoms with van der Waals surface area (Å²) in [6.45, 7) is 4.71. The van der Waals surface area contributed by atoms with Gasteiger partial charge in [-0.15, -0.1) is 0 Å². The average Bonchev–Trinajstić information content (AvgIpc) is 3.15. The fourth-order valence-corrected chi connectivity index (χ4v) is 4.39. The number of pyridine rings is 1. The Kier molecular flexibility index (Phi) is 5.88. The van der Waals surface area contributed by atoms with Gasteiger partial charge >= 0.3 is 0 Å². The van der Waals surface area contributed by atoms with Crippen molar-refractivity contribution in [2.45, 2.75) is 39.2 Å². The minimum atomic E-state index is -0.669. The predicted octanol–water partition coefficient (Wildman–Crippen LogP) is 5.82. The highest BCUT2D eigenvalue weighted by atomic mass is 16.5. The van der Waals surface area contributed by atoms with Crippen molar-refractivity contribution < 1.29 is 13.9 Å². The number of para-hydroxylation sites is 1. The van der Waals surface area contributed by atoms with Gasteiger partial charge in [-0.2, -0.15) is 0 Å². The normalized spacial score (nSPS) is 15.1. The number of benzene rings is 2. The number of carbonyl (C=O) groups is 1. The lowest BCUT2D eigenvalue weighted by Gasteiger charge is -2.24. The summed E-state index contributed by atoms with van der Waals surface area (Å²) >= 11 is 0. The lowest BCUT2D eigenvalue weighted by Crippen LogP contribution is -2.30. The van der Waals surface area contributed by atoms with Crippen LogP contribution in [-0.4, -0.2) is 17.5 Å². The number of aromatic nitrogens is 1. The standard InChI is InChI=1S/C28H26N2O4/c1-3-4-7-15-33-20-10-8-9-19(16-20)25-24-26(31)21-11-5-6-12-22(21)34-27(24)28(32)30(25)23-14-13-18(2)17-29-23/h5-6,8-14,16-17,25H,3-4,7,15H2,1-2H3/t25-/m1/s1. The molecule has 34 heavy (non-hydrogen) atoms. The highest BCUT2D eigenvalue weighted by Crippen LogP contribution is 2.41. The quantitative estimate of drug-likeness (QED) is 0.329. The van der Waals surface area contributed by atoms with Crippen LogP contribution in [0.2, 0.25) is 0 Å². The molecule has 172 valence electrons. The first-order chi connectivity index (χ1) is 16.6. The Bertz CT molecular complexity index is 1410. The molecule has 0 fully saturated rings. The van der Waals surface area contributed by atoms with E-state index >= 15 is 0 Å². The van der Waals surface area contributed by atoms with Crippen LogP contribution in [0.25, 0.3) is 11.0 Å². The smallest absolute Gasteiger partial charge is 0.296 e. The van der Waals surface area contributed by atoms with E-state index in [0.717, 1.165) is 30.4 Å². The van der Waals surface area contributed by atoms with Gasteiger partial charge in [0.15, 0.2) is 5.43 Å². The zero-order valence-electron chi connectivity index (χ0n) is 19.3. The van der Waals surface area contributed by atoms with Gasteiger partial charge in [0, 0.05) is 6.20 Å². The molecule has 0 spiro atoms. The molecule has 4 aromatic rings. The maximum absolute atomic E-state index is 13.6. The van der Waals surface area contributed by atoms with Gasteiger partial charge in [0.25, 0.3) is 5.91 Å².